The molecule has 2 unspecified atom stereocenters. The number of alkyl carbamates (subject to hydrolysis) is 1. The number of benzene rings is 3. The molecule has 0 aliphatic heterocycles. The van der Waals surface area contributed by atoms with E-state index >= 15 is 0 Å². The highest BCUT2D eigenvalue weighted by atomic mass is 32.2. The zero-order valence-electron chi connectivity index (χ0n) is 26.7. The number of hydrogen-bond donors (Lipinski definition) is 2. The van der Waals surface area contributed by atoms with Crippen molar-refractivity contribution in [1.82, 2.24) is 10.2 Å². The molecule has 2 N–H and O–H groups in total. The van der Waals surface area contributed by atoms with Gasteiger partial charge in [0, 0.05) is 12.2 Å². The number of nitrogens with one attached hydrogen (secondary N) is 2. The quantitative estimate of drug-likeness (QED) is 0.168. The lowest BCUT2D eigenvalue weighted by Crippen LogP contribution is -2.52. The molecule has 0 spiro atoms. The van der Waals surface area contributed by atoms with Crippen LogP contribution < -0.4 is 10.6 Å². The fourth-order valence-electron chi connectivity index (χ4n) is 5.03. The van der Waals surface area contributed by atoms with Gasteiger partial charge in [0.05, 0.1) is 0 Å². The summed E-state index contributed by atoms with van der Waals surface area (Å²) in [6.45, 7) is 11.7. The van der Waals surface area contributed by atoms with Crippen molar-refractivity contribution in [3.05, 3.63) is 84.4 Å². The van der Waals surface area contributed by atoms with Crippen LogP contribution in [0.15, 0.2) is 73.3 Å². The van der Waals surface area contributed by atoms with Crippen molar-refractivity contribution in [1.29, 1.82) is 0 Å². The number of nitrogens with zero attached hydrogens (tertiary/aromatic N) is 1. The van der Waals surface area contributed by atoms with Gasteiger partial charge in [-0.2, -0.15) is 11.8 Å². The molecule has 8 heteroatoms. The van der Waals surface area contributed by atoms with E-state index in [-0.39, 0.29) is 11.8 Å². The Kier molecular flexibility index (Phi) is 13.3. The molecule has 0 heterocycles. The smallest absolute Gasteiger partial charge is 0.408 e. The summed E-state index contributed by atoms with van der Waals surface area (Å²) in [4.78, 5) is 43.2. The molecule has 2 atom stereocenters. The van der Waals surface area contributed by atoms with E-state index < -0.39 is 23.8 Å². The Morgan fingerprint density at radius 2 is 1.73 bits per heavy atom. The molecule has 3 rings (SSSR count). The first kappa shape index (κ1) is 34.7. The van der Waals surface area contributed by atoms with Crippen LogP contribution in [0.3, 0.4) is 0 Å². The number of hydrogen-bond acceptors (Lipinski definition) is 5. The van der Waals surface area contributed by atoms with Crippen molar-refractivity contribution >= 4 is 52.2 Å². The van der Waals surface area contributed by atoms with E-state index in [1.807, 2.05) is 73.0 Å². The minimum absolute atomic E-state index is 0.316. The van der Waals surface area contributed by atoms with E-state index in [4.69, 9.17) is 4.74 Å². The number of unbranched alkanes of at least 4 members (excludes halogenated alkanes) is 3. The molecule has 0 bridgehead atoms. The van der Waals surface area contributed by atoms with Gasteiger partial charge >= 0.3 is 6.09 Å². The molecule has 0 aliphatic carbocycles. The van der Waals surface area contributed by atoms with E-state index in [2.05, 4.69) is 24.1 Å². The fourth-order valence-corrected chi connectivity index (χ4v) is 5.50. The first-order valence-electron chi connectivity index (χ1n) is 15.4. The molecule has 3 aromatic rings. The van der Waals surface area contributed by atoms with Crippen molar-refractivity contribution in [2.24, 2.45) is 0 Å². The Hall–Kier alpha value is -3.78. The Bertz CT molecular complexity index is 1420. The third kappa shape index (κ3) is 10.4. The second-order valence-electron chi connectivity index (χ2n) is 11.9. The molecule has 0 aromatic heterocycles. The van der Waals surface area contributed by atoms with Crippen LogP contribution in [0.4, 0.5) is 10.5 Å². The Morgan fingerprint density at radius 1 is 0.977 bits per heavy atom. The fraction of sp³-hybridized carbons (Fsp3) is 0.417. The standard InChI is InChI=1S/C36H47N3O4S/c1-7-9-10-13-22-39(34(41)31(21-23-44-6)38-35(42)43-36(3,4)5)32(29-18-14-15-26(8-2)24-29)33(40)37-30-20-19-27-16-11-12-17-28(27)25-30/h8,11-12,14-20,24-25,31-32H,2,7,9-10,13,21-23H2,1,3-6H3,(H,37,40)(H,38,42). The third-order valence-electron chi connectivity index (χ3n) is 7.17. The molecule has 3 amide bonds. The van der Waals surface area contributed by atoms with Crippen LogP contribution in [-0.4, -0.2) is 53.0 Å². The average molecular weight is 618 g/mol. The van der Waals surface area contributed by atoms with Gasteiger partial charge < -0.3 is 20.3 Å². The Labute approximate surface area is 266 Å². The normalized spacial score (nSPS) is 12.7. The highest BCUT2D eigenvalue weighted by molar-refractivity contribution is 7.98. The molecule has 44 heavy (non-hydrogen) atoms. The third-order valence-corrected chi connectivity index (χ3v) is 7.82. The van der Waals surface area contributed by atoms with E-state index in [1.54, 1.807) is 43.5 Å². The predicted octanol–water partition coefficient (Wildman–Crippen LogP) is 8.22. The van der Waals surface area contributed by atoms with E-state index in [0.29, 0.717) is 30.0 Å². The summed E-state index contributed by atoms with van der Waals surface area (Å²) in [7, 11) is 0. The van der Waals surface area contributed by atoms with Crippen molar-refractivity contribution in [2.45, 2.75) is 77.5 Å². The maximum absolute atomic E-state index is 14.5. The molecule has 7 nitrogen and oxygen atoms in total. The van der Waals surface area contributed by atoms with E-state index in [0.717, 1.165) is 42.0 Å². The van der Waals surface area contributed by atoms with Crippen molar-refractivity contribution in [3.8, 4) is 0 Å². The van der Waals surface area contributed by atoms with Crippen LogP contribution in [0.1, 0.15) is 77.0 Å². The Balaban J connectivity index is 2.05. The number of thioether (sulfide) groups is 1. The van der Waals surface area contributed by atoms with Gasteiger partial charge in [-0.3, -0.25) is 9.59 Å². The van der Waals surface area contributed by atoms with Gasteiger partial charge in [0.25, 0.3) is 5.91 Å². The summed E-state index contributed by atoms with van der Waals surface area (Å²) in [6, 6.07) is 19.5. The van der Waals surface area contributed by atoms with Crippen LogP contribution in [0.25, 0.3) is 16.8 Å². The summed E-state index contributed by atoms with van der Waals surface area (Å²) in [5, 5.41) is 7.97. The monoisotopic (exact) mass is 617 g/mol. The summed E-state index contributed by atoms with van der Waals surface area (Å²) in [5.41, 5.74) is 1.44. The SMILES string of the molecule is C=Cc1cccc(C(C(=O)Nc2ccc3ccccc3c2)N(CCCCCC)C(=O)C(CCSC)NC(=O)OC(C)(C)C)c1. The van der Waals surface area contributed by atoms with Gasteiger partial charge in [-0.15, -0.1) is 0 Å². The zero-order valence-corrected chi connectivity index (χ0v) is 27.5. The Morgan fingerprint density at radius 3 is 2.41 bits per heavy atom. The topological polar surface area (TPSA) is 87.7 Å². The zero-order chi connectivity index (χ0) is 32.1. The van der Waals surface area contributed by atoms with Crippen LogP contribution in [0, 0.1) is 0 Å². The van der Waals surface area contributed by atoms with Gasteiger partial charge in [0.2, 0.25) is 5.91 Å². The minimum Gasteiger partial charge on any atom is -0.444 e. The molecule has 236 valence electrons. The van der Waals surface area contributed by atoms with Crippen molar-refractivity contribution < 1.29 is 19.1 Å². The summed E-state index contributed by atoms with van der Waals surface area (Å²) >= 11 is 1.59. The van der Waals surface area contributed by atoms with Gasteiger partial charge in [0.1, 0.15) is 17.7 Å². The maximum Gasteiger partial charge on any atom is 0.408 e. The number of ether oxygens (including phenoxy) is 1. The number of amides is 3. The second-order valence-corrected chi connectivity index (χ2v) is 12.9. The van der Waals surface area contributed by atoms with Gasteiger partial charge in [-0.25, -0.2) is 4.79 Å². The van der Waals surface area contributed by atoms with Crippen LogP contribution in [-0.2, 0) is 14.3 Å². The molecule has 0 fully saturated rings. The molecule has 0 saturated carbocycles. The minimum atomic E-state index is -0.937. The van der Waals surface area contributed by atoms with E-state index in [9.17, 15) is 14.4 Å². The average Bonchev–Trinajstić information content (AvgIpc) is 2.99. The maximum atomic E-state index is 14.5. The second kappa shape index (κ2) is 16.9. The van der Waals surface area contributed by atoms with Gasteiger partial charge in [-0.05, 0) is 85.7 Å². The number of rotatable bonds is 15. The summed E-state index contributed by atoms with van der Waals surface area (Å²) in [6.07, 6.45) is 7.12. The van der Waals surface area contributed by atoms with Crippen molar-refractivity contribution in [3.63, 3.8) is 0 Å². The summed E-state index contributed by atoms with van der Waals surface area (Å²) in [5.74, 6) is 0.00535. The molecule has 3 aromatic carbocycles. The number of carbonyl (C=O) groups excluding carboxylic acids is 3. The summed E-state index contributed by atoms with van der Waals surface area (Å²) < 4.78 is 5.51. The molecule has 0 radical (unpaired) electrons. The number of fused-ring (bicyclic) bond motifs is 1. The molecular weight excluding hydrogens is 570 g/mol. The number of anilines is 1. The first-order chi connectivity index (χ1) is 21.1. The van der Waals surface area contributed by atoms with Crippen LogP contribution in [0.5, 0.6) is 0 Å². The highest BCUT2D eigenvalue weighted by Gasteiger charge is 2.36. The highest BCUT2D eigenvalue weighted by Crippen LogP contribution is 2.28. The van der Waals surface area contributed by atoms with Crippen LogP contribution >= 0.6 is 11.8 Å². The van der Waals surface area contributed by atoms with Crippen molar-refractivity contribution in [2.75, 3.05) is 23.9 Å². The molecular formula is C36H47N3O4S. The predicted molar refractivity (Wildman–Crippen MR) is 184 cm³/mol. The van der Waals surface area contributed by atoms with Crippen LogP contribution in [0.2, 0.25) is 0 Å². The molecule has 0 aliphatic rings. The largest absolute Gasteiger partial charge is 0.444 e. The van der Waals surface area contributed by atoms with Gasteiger partial charge in [-0.1, -0.05) is 87.4 Å². The first-order valence-corrected chi connectivity index (χ1v) is 16.8. The molecule has 0 saturated heterocycles. The van der Waals surface area contributed by atoms with E-state index in [1.165, 1.54) is 0 Å². The lowest BCUT2D eigenvalue weighted by atomic mass is 9.99. The van der Waals surface area contributed by atoms with Gasteiger partial charge in [0.15, 0.2) is 0 Å². The lowest BCUT2D eigenvalue weighted by molar-refractivity contribution is -0.141. The lowest BCUT2D eigenvalue weighted by Gasteiger charge is -2.35. The number of carbonyl (C=O) groups is 3.